The van der Waals surface area contributed by atoms with E-state index in [1.807, 2.05) is 118 Å². The van der Waals surface area contributed by atoms with Crippen LogP contribution in [0.1, 0.15) is 52.2 Å². The molecule has 0 aliphatic carbocycles. The van der Waals surface area contributed by atoms with Crippen molar-refractivity contribution in [1.29, 1.82) is 0 Å². The minimum atomic E-state index is -1.59. The Kier molecular flexibility index (Phi) is 18.4. The summed E-state index contributed by atoms with van der Waals surface area (Å²) in [6.45, 7) is 5.70. The molecule has 368 valence electrons. The van der Waals surface area contributed by atoms with Gasteiger partial charge in [0.05, 0.1) is 0 Å². The first-order chi connectivity index (χ1) is 33.0. The zero-order valence-electron chi connectivity index (χ0n) is 38.5. The third-order valence-corrected chi connectivity index (χ3v) is 11.2. The average Bonchev–Trinajstić information content (AvgIpc) is 3.33. The number of halogens is 8. The predicted molar refractivity (Wildman–Crippen MR) is 266 cm³/mol. The van der Waals surface area contributed by atoms with Crippen LogP contribution in [-0.2, 0) is 22.4 Å². The highest BCUT2D eigenvalue weighted by Crippen LogP contribution is 2.33. The number of aliphatic hydroxyl groups excluding tert-OH is 1. The Balaban J connectivity index is 0.000000259. The van der Waals surface area contributed by atoms with E-state index >= 15 is 0 Å². The maximum atomic E-state index is 14.8. The fraction of sp³-hybridized carbons (Fsp3) is 0.169. The van der Waals surface area contributed by atoms with E-state index in [2.05, 4.69) is 0 Å². The van der Waals surface area contributed by atoms with Crippen molar-refractivity contribution in [3.63, 3.8) is 0 Å². The molecular weight excluding hydrogens is 923 g/mol. The highest BCUT2D eigenvalue weighted by molar-refractivity contribution is 5.76. The number of hydrogen-bond donors (Lipinski definition) is 2. The van der Waals surface area contributed by atoms with Crippen LogP contribution in [0.3, 0.4) is 0 Å². The second-order valence-electron chi connectivity index (χ2n) is 17.4. The van der Waals surface area contributed by atoms with Gasteiger partial charge in [-0.05, 0) is 143 Å². The van der Waals surface area contributed by atoms with Gasteiger partial charge in [0.15, 0.2) is 34.9 Å². The second kappa shape index (κ2) is 23.9. The Morgan fingerprint density at radius 2 is 0.704 bits per heavy atom. The quantitative estimate of drug-likeness (QED) is 0.0726. The molecule has 0 fully saturated rings. The summed E-state index contributed by atoms with van der Waals surface area (Å²) in [6, 6.07) is 43.0. The first-order valence-corrected chi connectivity index (χ1v) is 22.1. The van der Waals surface area contributed by atoms with Crippen molar-refractivity contribution < 1.29 is 49.8 Å². The summed E-state index contributed by atoms with van der Waals surface area (Å²) >= 11 is 0. The maximum Gasteiger partial charge on any atom is 0.306 e. The van der Waals surface area contributed by atoms with Crippen molar-refractivity contribution in [2.45, 2.75) is 59.5 Å². The maximum absolute atomic E-state index is 14.8. The van der Waals surface area contributed by atoms with Gasteiger partial charge >= 0.3 is 5.97 Å². The summed E-state index contributed by atoms with van der Waals surface area (Å²) in [5, 5.41) is 8.94. The molecule has 0 atom stereocenters. The van der Waals surface area contributed by atoms with E-state index in [1.165, 1.54) is 24.3 Å². The third kappa shape index (κ3) is 13.9. The Hall–Kier alpha value is -7.41. The van der Waals surface area contributed by atoms with E-state index in [0.717, 1.165) is 81.6 Å². The van der Waals surface area contributed by atoms with Crippen LogP contribution in [0, 0.1) is 46.5 Å². The van der Waals surface area contributed by atoms with Gasteiger partial charge in [0.2, 0.25) is 0 Å². The topological polar surface area (TPSA) is 81.5 Å². The lowest BCUT2D eigenvalue weighted by molar-refractivity contribution is -0.154. The molecule has 0 aromatic heterocycles. The van der Waals surface area contributed by atoms with Gasteiger partial charge in [-0.1, -0.05) is 129 Å². The number of hydrogen-bond acceptors (Lipinski definition) is 4. The first-order valence-electron chi connectivity index (χ1n) is 22.1. The Morgan fingerprint density at radius 3 is 1.01 bits per heavy atom. The summed E-state index contributed by atoms with van der Waals surface area (Å²) in [6.07, 6.45) is 2.46. The molecule has 0 saturated carbocycles. The highest BCUT2D eigenvalue weighted by Gasteiger charge is 2.18. The zero-order chi connectivity index (χ0) is 49.4. The third-order valence-electron chi connectivity index (χ3n) is 11.2. The monoisotopic (exact) mass is 975 g/mol. The number of esters is 1. The van der Waals surface area contributed by atoms with Gasteiger partial charge in [0.25, 0.3) is 0 Å². The van der Waals surface area contributed by atoms with Crippen LogP contribution in [0.15, 0.2) is 158 Å². The van der Waals surface area contributed by atoms with Gasteiger partial charge in [-0.3, -0.25) is 4.79 Å². The van der Waals surface area contributed by atoms with E-state index in [9.17, 15) is 39.9 Å². The molecule has 71 heavy (non-hydrogen) atoms. The summed E-state index contributed by atoms with van der Waals surface area (Å²) < 4.78 is 115. The van der Waals surface area contributed by atoms with E-state index in [0.29, 0.717) is 24.0 Å². The smallest absolute Gasteiger partial charge is 0.306 e. The number of carbonyl (C=O) groups excluding carboxylic acids is 1. The molecule has 0 aliphatic heterocycles. The minimum Gasteiger partial charge on any atom is -0.460 e. The van der Waals surface area contributed by atoms with Gasteiger partial charge < -0.3 is 16.0 Å². The molecule has 0 aliphatic rings. The van der Waals surface area contributed by atoms with Crippen molar-refractivity contribution in [2.24, 2.45) is 0 Å². The fourth-order valence-electron chi connectivity index (χ4n) is 7.64. The lowest BCUT2D eigenvalue weighted by Crippen LogP contribution is -2.23. The number of carbonyl (C=O) groups is 1. The van der Waals surface area contributed by atoms with Gasteiger partial charge in [0.1, 0.15) is 17.2 Å². The number of aliphatic hydroxyl groups is 1. The lowest BCUT2D eigenvalue weighted by Gasteiger charge is -2.19. The number of ether oxygens (including phenoxy) is 1. The molecule has 4 nitrogen and oxygen atoms in total. The molecule has 0 radical (unpaired) electrons. The second-order valence-corrected chi connectivity index (χ2v) is 17.4. The lowest BCUT2D eigenvalue weighted by atomic mass is 9.97. The Bertz CT molecular complexity index is 3030. The molecule has 0 saturated heterocycles. The van der Waals surface area contributed by atoms with Crippen molar-refractivity contribution in [3.05, 3.63) is 215 Å². The molecule has 4 N–H and O–H groups in total. The largest absolute Gasteiger partial charge is 0.460 e. The van der Waals surface area contributed by atoms with Crippen molar-refractivity contribution in [2.75, 3.05) is 6.61 Å². The summed E-state index contributed by atoms with van der Waals surface area (Å²) in [5.41, 5.74) is 8.29. The van der Waals surface area contributed by atoms with E-state index < -0.39 is 52.1 Å². The van der Waals surface area contributed by atoms with Crippen LogP contribution in [-0.4, -0.2) is 23.3 Å². The molecule has 0 unspecified atom stereocenters. The minimum absolute atomic E-state index is 0. The summed E-state index contributed by atoms with van der Waals surface area (Å²) in [4.78, 5) is 11.9. The molecule has 8 rings (SSSR count). The molecular formula is C59H53F8NO3. The fourth-order valence-corrected chi connectivity index (χ4v) is 7.64. The van der Waals surface area contributed by atoms with E-state index in [4.69, 9.17) is 9.84 Å². The Morgan fingerprint density at radius 1 is 0.423 bits per heavy atom. The molecule has 8 aromatic carbocycles. The average molecular weight is 976 g/mol. The molecule has 12 heteroatoms. The SMILES string of the molecule is C.CC(C)(C)OC(=O)CCc1ccc(-c2ccc(-c3ccc(-c4cc(F)c(F)c(F)c4)c(F)c3)cc2)cc1.N.OCCCc1ccc(-c2ccc(-c3ccc(-c4cc(F)c(F)c(F)c4)c(F)c3)cc2)cc1. The summed E-state index contributed by atoms with van der Waals surface area (Å²) in [5.74, 6) is -10.2. The van der Waals surface area contributed by atoms with Gasteiger partial charge in [0, 0.05) is 24.2 Å². The molecule has 0 heterocycles. The standard InChI is InChI=1S/C31H26F4O2.C27H20F4O.CH4.H3N/c1-31(2,3)37-29(36)15-6-19-4-7-20(8-5-19)21-9-11-22(12-10-21)23-13-14-25(26(32)16-23)24-17-27(33)30(35)28(34)18-24;28-24-14-21(11-12-23(24)22-15-25(29)27(31)26(30)16-22)20-9-7-19(8-10-20)18-5-3-17(4-6-18)2-1-13-32;;/h4-5,7-14,16-18H,6,15H2,1-3H3;3-12,14-16,32H,1-2,13H2;1H4;1H3. The van der Waals surface area contributed by atoms with Crippen LogP contribution in [0.2, 0.25) is 0 Å². The number of rotatable bonds is 12. The van der Waals surface area contributed by atoms with Crippen molar-refractivity contribution in [3.8, 4) is 66.8 Å². The molecule has 0 bridgehead atoms. The van der Waals surface area contributed by atoms with E-state index in [-0.39, 0.29) is 48.4 Å². The van der Waals surface area contributed by atoms with Crippen LogP contribution in [0.25, 0.3) is 66.8 Å². The number of benzene rings is 8. The predicted octanol–water partition coefficient (Wildman–Crippen LogP) is 16.5. The van der Waals surface area contributed by atoms with Gasteiger partial charge in [-0.15, -0.1) is 0 Å². The van der Waals surface area contributed by atoms with Crippen molar-refractivity contribution in [1.82, 2.24) is 6.15 Å². The van der Waals surface area contributed by atoms with Gasteiger partial charge in [-0.25, -0.2) is 35.1 Å². The van der Waals surface area contributed by atoms with Crippen LogP contribution in [0.4, 0.5) is 35.1 Å². The van der Waals surface area contributed by atoms with Crippen molar-refractivity contribution >= 4 is 5.97 Å². The van der Waals surface area contributed by atoms with Crippen LogP contribution < -0.4 is 6.15 Å². The molecule has 0 spiro atoms. The number of aryl methyl sites for hydroxylation is 2. The Labute approximate surface area is 408 Å². The molecule has 8 aromatic rings. The molecule has 0 amide bonds. The van der Waals surface area contributed by atoms with Crippen LogP contribution in [0.5, 0.6) is 0 Å². The highest BCUT2D eigenvalue weighted by atomic mass is 19.2. The van der Waals surface area contributed by atoms with Gasteiger partial charge in [-0.2, -0.15) is 0 Å². The van der Waals surface area contributed by atoms with Crippen LogP contribution >= 0.6 is 0 Å². The normalized spacial score (nSPS) is 10.9. The zero-order valence-corrected chi connectivity index (χ0v) is 38.5. The summed E-state index contributed by atoms with van der Waals surface area (Å²) in [7, 11) is 0. The van der Waals surface area contributed by atoms with E-state index in [1.54, 1.807) is 12.1 Å². The first kappa shape index (κ1) is 54.5.